The van der Waals surface area contributed by atoms with E-state index in [0.29, 0.717) is 30.2 Å². The zero-order chi connectivity index (χ0) is 17.9. The van der Waals surface area contributed by atoms with Crippen molar-refractivity contribution >= 4 is 40.6 Å². The van der Waals surface area contributed by atoms with Gasteiger partial charge in [0, 0.05) is 38.0 Å². The van der Waals surface area contributed by atoms with Gasteiger partial charge in [0.1, 0.15) is 6.04 Å². The maximum Gasteiger partial charge on any atom is 0.355 e. The van der Waals surface area contributed by atoms with Crippen molar-refractivity contribution in [3.05, 3.63) is 0 Å². The summed E-state index contributed by atoms with van der Waals surface area (Å²) in [5.74, 6) is -2.17. The molecule has 2 fully saturated rings. The number of likely N-dealkylation sites (tertiary alicyclic amines) is 1. The number of rotatable bonds is 5. The Hall–Kier alpha value is -1.90. The third-order valence-electron chi connectivity index (χ3n) is 3.95. The van der Waals surface area contributed by atoms with E-state index in [1.807, 2.05) is 0 Å². The van der Waals surface area contributed by atoms with E-state index >= 15 is 0 Å². The number of carbonyl (C=O) groups is 5. The first-order valence-corrected chi connectivity index (χ1v) is 8.81. The van der Waals surface area contributed by atoms with Crippen LogP contribution >= 0.6 is 11.8 Å². The first-order chi connectivity index (χ1) is 11.3. The van der Waals surface area contributed by atoms with Crippen LogP contribution < -0.4 is 0 Å². The van der Waals surface area contributed by atoms with E-state index in [9.17, 15) is 24.0 Å². The van der Waals surface area contributed by atoms with E-state index in [2.05, 4.69) is 0 Å². The first kappa shape index (κ1) is 18.4. The third-order valence-corrected chi connectivity index (χ3v) is 5.03. The number of amides is 3. The van der Waals surface area contributed by atoms with E-state index in [1.54, 1.807) is 6.92 Å². The molecule has 9 heteroatoms. The highest BCUT2D eigenvalue weighted by Gasteiger charge is 2.40. The molecule has 0 bridgehead atoms. The smallest absolute Gasteiger partial charge is 0.329 e. The van der Waals surface area contributed by atoms with Crippen molar-refractivity contribution < 1.29 is 28.8 Å². The molecule has 0 spiro atoms. The van der Waals surface area contributed by atoms with E-state index in [0.717, 1.165) is 11.8 Å². The van der Waals surface area contributed by atoms with Crippen molar-refractivity contribution in [2.45, 2.75) is 45.6 Å². The zero-order valence-electron chi connectivity index (χ0n) is 13.6. The molecule has 2 heterocycles. The lowest BCUT2D eigenvalue weighted by Gasteiger charge is -2.26. The minimum atomic E-state index is -0.802. The van der Waals surface area contributed by atoms with Crippen LogP contribution in [0, 0.1) is 5.92 Å². The number of imide groups is 1. The van der Waals surface area contributed by atoms with Crippen LogP contribution in [0.25, 0.3) is 0 Å². The van der Waals surface area contributed by atoms with Gasteiger partial charge in [0.25, 0.3) is 11.8 Å². The molecule has 2 aliphatic rings. The molecule has 2 atom stereocenters. The summed E-state index contributed by atoms with van der Waals surface area (Å²) in [5.41, 5.74) is 0. The monoisotopic (exact) mass is 356 g/mol. The number of hydroxylamine groups is 2. The van der Waals surface area contributed by atoms with Gasteiger partial charge in [-0.2, -0.15) is 0 Å². The Morgan fingerprint density at radius 1 is 1.25 bits per heavy atom. The zero-order valence-corrected chi connectivity index (χ0v) is 14.5. The molecule has 0 radical (unpaired) electrons. The highest BCUT2D eigenvalue weighted by atomic mass is 32.2. The Morgan fingerprint density at radius 3 is 2.46 bits per heavy atom. The molecule has 0 saturated carbocycles. The SMILES string of the molecule is CC(=O)SC[C@@H](C)C(=O)N1CCC[C@H]1C(=O)ON1C(=O)CCC1=O. The summed E-state index contributed by atoms with van der Waals surface area (Å²) in [5, 5.41) is 0.427. The van der Waals surface area contributed by atoms with Crippen molar-refractivity contribution in [1.82, 2.24) is 9.96 Å². The van der Waals surface area contributed by atoms with Gasteiger partial charge in [0.2, 0.25) is 5.91 Å². The van der Waals surface area contributed by atoms with Gasteiger partial charge in [-0.3, -0.25) is 19.2 Å². The molecule has 24 heavy (non-hydrogen) atoms. The second kappa shape index (κ2) is 7.78. The molecule has 2 rings (SSSR count). The Bertz CT molecular complexity index is 562. The summed E-state index contributed by atoms with van der Waals surface area (Å²) in [6, 6.07) is -0.802. The fourth-order valence-electron chi connectivity index (χ4n) is 2.68. The summed E-state index contributed by atoms with van der Waals surface area (Å²) in [6.07, 6.45) is 1.12. The Labute approximate surface area is 143 Å². The molecule has 0 N–H and O–H groups in total. The molecule has 3 amide bonds. The number of hydrogen-bond donors (Lipinski definition) is 0. The minimum absolute atomic E-state index is 0.0265. The summed E-state index contributed by atoms with van der Waals surface area (Å²) in [7, 11) is 0. The van der Waals surface area contributed by atoms with E-state index < -0.39 is 29.7 Å². The molecule has 132 valence electrons. The predicted molar refractivity (Wildman–Crippen MR) is 84.2 cm³/mol. The van der Waals surface area contributed by atoms with Gasteiger partial charge in [-0.1, -0.05) is 18.7 Å². The summed E-state index contributed by atoms with van der Waals surface area (Å²) >= 11 is 1.06. The lowest BCUT2D eigenvalue weighted by atomic mass is 10.1. The molecular weight excluding hydrogens is 336 g/mol. The fourth-order valence-corrected chi connectivity index (χ4v) is 3.31. The van der Waals surface area contributed by atoms with Crippen LogP contribution in [0.15, 0.2) is 0 Å². The van der Waals surface area contributed by atoms with E-state index in [4.69, 9.17) is 4.84 Å². The highest BCUT2D eigenvalue weighted by molar-refractivity contribution is 8.13. The van der Waals surface area contributed by atoms with Crippen molar-refractivity contribution in [3.63, 3.8) is 0 Å². The Morgan fingerprint density at radius 2 is 1.88 bits per heavy atom. The van der Waals surface area contributed by atoms with Crippen LogP contribution in [-0.4, -0.2) is 57.1 Å². The van der Waals surface area contributed by atoms with Crippen LogP contribution in [0.5, 0.6) is 0 Å². The number of nitrogens with zero attached hydrogens (tertiary/aromatic N) is 2. The molecule has 0 aromatic heterocycles. The van der Waals surface area contributed by atoms with Crippen molar-refractivity contribution in [1.29, 1.82) is 0 Å². The largest absolute Gasteiger partial charge is 0.355 e. The maximum absolute atomic E-state index is 12.5. The normalized spacial score (nSPS) is 22.0. The molecule has 2 saturated heterocycles. The standard InChI is InChI=1S/C15H20N2O6S/c1-9(8-24-10(2)18)14(21)16-7-3-4-11(16)15(22)23-17-12(19)5-6-13(17)20/h9,11H,3-8H2,1-2H3/t9-,11+/m1/s1. The van der Waals surface area contributed by atoms with Crippen LogP contribution in [0.3, 0.4) is 0 Å². The van der Waals surface area contributed by atoms with E-state index in [1.165, 1.54) is 11.8 Å². The van der Waals surface area contributed by atoms with Crippen LogP contribution in [0.4, 0.5) is 0 Å². The van der Waals surface area contributed by atoms with Gasteiger partial charge in [-0.05, 0) is 12.8 Å². The Balaban J connectivity index is 1.97. The first-order valence-electron chi connectivity index (χ1n) is 7.82. The maximum atomic E-state index is 12.5. The van der Waals surface area contributed by atoms with Gasteiger partial charge in [-0.25, -0.2) is 4.79 Å². The van der Waals surface area contributed by atoms with Gasteiger partial charge >= 0.3 is 5.97 Å². The van der Waals surface area contributed by atoms with Crippen LogP contribution in [0.1, 0.15) is 39.5 Å². The molecule has 2 aliphatic heterocycles. The fraction of sp³-hybridized carbons (Fsp3) is 0.667. The van der Waals surface area contributed by atoms with Crippen molar-refractivity contribution in [2.75, 3.05) is 12.3 Å². The Kier molecular flexibility index (Phi) is 5.98. The lowest BCUT2D eigenvalue weighted by molar-refractivity contribution is -0.200. The topological polar surface area (TPSA) is 101 Å². The van der Waals surface area contributed by atoms with E-state index in [-0.39, 0.29) is 23.9 Å². The summed E-state index contributed by atoms with van der Waals surface area (Å²) in [6.45, 7) is 3.55. The minimum Gasteiger partial charge on any atom is -0.329 e. The van der Waals surface area contributed by atoms with Gasteiger partial charge < -0.3 is 9.74 Å². The quantitative estimate of drug-likeness (QED) is 0.661. The number of carbonyl (C=O) groups excluding carboxylic acids is 5. The van der Waals surface area contributed by atoms with Crippen LogP contribution in [0.2, 0.25) is 0 Å². The second-order valence-electron chi connectivity index (χ2n) is 5.89. The number of thioether (sulfide) groups is 1. The second-order valence-corrected chi connectivity index (χ2v) is 7.08. The summed E-state index contributed by atoms with van der Waals surface area (Å²) in [4.78, 5) is 65.1. The molecule has 0 aromatic rings. The third kappa shape index (κ3) is 4.14. The predicted octanol–water partition coefficient (Wildman–Crippen LogP) is 0.500. The van der Waals surface area contributed by atoms with Gasteiger partial charge in [-0.15, -0.1) is 5.06 Å². The van der Waals surface area contributed by atoms with Crippen molar-refractivity contribution in [2.24, 2.45) is 5.92 Å². The molecule has 0 unspecified atom stereocenters. The lowest BCUT2D eigenvalue weighted by Crippen LogP contribution is -2.46. The molecule has 0 aliphatic carbocycles. The van der Waals surface area contributed by atoms with Crippen LogP contribution in [-0.2, 0) is 28.8 Å². The summed E-state index contributed by atoms with van der Waals surface area (Å²) < 4.78 is 0. The van der Waals surface area contributed by atoms with Gasteiger partial charge in [0.05, 0.1) is 0 Å². The molecule has 0 aromatic carbocycles. The highest BCUT2D eigenvalue weighted by Crippen LogP contribution is 2.24. The average molecular weight is 356 g/mol. The molecule has 8 nitrogen and oxygen atoms in total. The average Bonchev–Trinajstić information content (AvgIpc) is 3.13. The van der Waals surface area contributed by atoms with Crippen molar-refractivity contribution in [3.8, 4) is 0 Å². The van der Waals surface area contributed by atoms with Gasteiger partial charge in [0.15, 0.2) is 5.12 Å². The molecular formula is C15H20N2O6S. The number of hydrogen-bond acceptors (Lipinski definition) is 7.